The summed E-state index contributed by atoms with van der Waals surface area (Å²) >= 11 is 0. The summed E-state index contributed by atoms with van der Waals surface area (Å²) in [5.41, 5.74) is 0.803. The summed E-state index contributed by atoms with van der Waals surface area (Å²) in [7, 11) is 7.34. The molecule has 0 radical (unpaired) electrons. The zero-order chi connectivity index (χ0) is 31.6. The second kappa shape index (κ2) is 16.5. The highest BCUT2D eigenvalue weighted by Gasteiger charge is 2.42. The van der Waals surface area contributed by atoms with Gasteiger partial charge in [-0.2, -0.15) is 0 Å². The second-order valence-corrected chi connectivity index (χ2v) is 13.6. The maximum atomic E-state index is 13.7. The van der Waals surface area contributed by atoms with Crippen molar-refractivity contribution in [3.63, 3.8) is 0 Å². The fourth-order valence-corrected chi connectivity index (χ4v) is 6.41. The van der Waals surface area contributed by atoms with Crippen molar-refractivity contribution in [2.24, 2.45) is 17.3 Å². The first-order valence-corrected chi connectivity index (χ1v) is 15.6. The number of ketones is 1. The summed E-state index contributed by atoms with van der Waals surface area (Å²) in [5.74, 6) is -0.379. The minimum absolute atomic E-state index is 0.0147. The van der Waals surface area contributed by atoms with Crippen molar-refractivity contribution in [1.29, 1.82) is 0 Å². The van der Waals surface area contributed by atoms with Crippen molar-refractivity contribution in [2.75, 3.05) is 34.9 Å². The molecule has 2 amide bonds. The highest BCUT2D eigenvalue weighted by Crippen LogP contribution is 2.29. The molecular formula is C34H57N3O5. The molecule has 0 saturated carbocycles. The van der Waals surface area contributed by atoms with Crippen molar-refractivity contribution >= 4 is 17.6 Å². The van der Waals surface area contributed by atoms with E-state index in [0.29, 0.717) is 25.3 Å². The predicted octanol–water partition coefficient (Wildman–Crippen LogP) is 4.74. The molecule has 7 atom stereocenters. The van der Waals surface area contributed by atoms with Gasteiger partial charge in [0.1, 0.15) is 0 Å². The Morgan fingerprint density at radius 1 is 1.07 bits per heavy atom. The Kier molecular flexibility index (Phi) is 14.1. The van der Waals surface area contributed by atoms with Crippen LogP contribution in [0.5, 0.6) is 0 Å². The van der Waals surface area contributed by atoms with Crippen molar-refractivity contribution in [3.05, 3.63) is 35.9 Å². The molecule has 1 fully saturated rings. The SMILES string of the molecule is CC[C@H](C)[C@@H]([C@@H](CC(=O)N1CCC[C@H]1[C@H](OC)[C@@H](C)C(=O)N[C@@H](Cc1ccccc1)C(=O)CC(C)(C)C)OC)N(C)C. The van der Waals surface area contributed by atoms with E-state index in [-0.39, 0.29) is 47.6 Å². The average Bonchev–Trinajstić information content (AvgIpc) is 3.41. The number of benzene rings is 1. The number of hydrogen-bond acceptors (Lipinski definition) is 6. The van der Waals surface area contributed by atoms with Crippen molar-refractivity contribution in [2.45, 2.75) is 110 Å². The van der Waals surface area contributed by atoms with Crippen LogP contribution in [0.2, 0.25) is 0 Å². The molecule has 8 nitrogen and oxygen atoms in total. The third-order valence-electron chi connectivity index (χ3n) is 8.75. The van der Waals surface area contributed by atoms with E-state index in [1.807, 2.05) is 77.0 Å². The Balaban J connectivity index is 2.20. The summed E-state index contributed by atoms with van der Waals surface area (Å²) in [4.78, 5) is 44.8. The van der Waals surface area contributed by atoms with Crippen LogP contribution < -0.4 is 5.32 Å². The smallest absolute Gasteiger partial charge is 0.226 e. The predicted molar refractivity (Wildman–Crippen MR) is 168 cm³/mol. The van der Waals surface area contributed by atoms with Crippen LogP contribution in [-0.2, 0) is 30.3 Å². The number of amides is 2. The highest BCUT2D eigenvalue weighted by atomic mass is 16.5. The van der Waals surface area contributed by atoms with Gasteiger partial charge in [-0.05, 0) is 50.3 Å². The molecule has 42 heavy (non-hydrogen) atoms. The molecular weight excluding hydrogens is 530 g/mol. The average molecular weight is 588 g/mol. The van der Waals surface area contributed by atoms with Crippen molar-refractivity contribution in [1.82, 2.24) is 15.1 Å². The molecule has 1 aliphatic rings. The first-order valence-electron chi connectivity index (χ1n) is 15.6. The van der Waals surface area contributed by atoms with E-state index in [1.165, 1.54) is 0 Å². The summed E-state index contributed by atoms with van der Waals surface area (Å²) < 4.78 is 11.8. The molecule has 1 aliphatic heterocycles. The topological polar surface area (TPSA) is 88.2 Å². The van der Waals surface area contributed by atoms with Gasteiger partial charge in [0, 0.05) is 33.2 Å². The van der Waals surface area contributed by atoms with Crippen LogP contribution in [0.1, 0.15) is 79.2 Å². The van der Waals surface area contributed by atoms with Crippen LogP contribution in [0.15, 0.2) is 30.3 Å². The van der Waals surface area contributed by atoms with Gasteiger partial charge in [-0.15, -0.1) is 0 Å². The minimum Gasteiger partial charge on any atom is -0.379 e. The van der Waals surface area contributed by atoms with Gasteiger partial charge in [0.05, 0.1) is 36.6 Å². The summed E-state index contributed by atoms with van der Waals surface area (Å²) in [6.07, 6.45) is 2.95. The van der Waals surface area contributed by atoms with E-state index >= 15 is 0 Å². The third-order valence-corrected chi connectivity index (χ3v) is 8.75. The number of ether oxygens (including phenoxy) is 2. The number of carbonyl (C=O) groups is 3. The Labute approximate surface area is 254 Å². The summed E-state index contributed by atoms with van der Waals surface area (Å²) in [5, 5.41) is 3.06. The number of carbonyl (C=O) groups excluding carboxylic acids is 3. The number of hydrogen-bond donors (Lipinski definition) is 1. The first-order chi connectivity index (χ1) is 19.7. The zero-order valence-corrected chi connectivity index (χ0v) is 27.8. The van der Waals surface area contributed by atoms with Crippen LogP contribution in [0, 0.1) is 17.3 Å². The van der Waals surface area contributed by atoms with E-state index in [0.717, 1.165) is 24.8 Å². The maximum absolute atomic E-state index is 13.7. The van der Waals surface area contributed by atoms with E-state index in [1.54, 1.807) is 14.2 Å². The lowest BCUT2D eigenvalue weighted by Gasteiger charge is -2.38. The second-order valence-electron chi connectivity index (χ2n) is 13.6. The maximum Gasteiger partial charge on any atom is 0.226 e. The van der Waals surface area contributed by atoms with Crippen molar-refractivity contribution in [3.8, 4) is 0 Å². The fourth-order valence-electron chi connectivity index (χ4n) is 6.41. The lowest BCUT2D eigenvalue weighted by atomic mass is 9.86. The molecule has 0 spiro atoms. The Morgan fingerprint density at radius 3 is 2.24 bits per heavy atom. The molecule has 1 aromatic rings. The quantitative estimate of drug-likeness (QED) is 0.301. The third kappa shape index (κ3) is 10.2. The van der Waals surface area contributed by atoms with E-state index < -0.39 is 18.1 Å². The summed E-state index contributed by atoms with van der Waals surface area (Å²) in [6.45, 7) is 12.9. The molecule has 0 unspecified atom stereocenters. The van der Waals surface area contributed by atoms with Gasteiger partial charge < -0.3 is 24.6 Å². The fraction of sp³-hybridized carbons (Fsp3) is 0.735. The van der Waals surface area contributed by atoms with Gasteiger partial charge in [-0.3, -0.25) is 14.4 Å². The van der Waals surface area contributed by atoms with Gasteiger partial charge >= 0.3 is 0 Å². The Morgan fingerprint density at radius 2 is 1.71 bits per heavy atom. The first kappa shape index (κ1) is 35.9. The number of nitrogens with zero attached hydrogens (tertiary/aromatic N) is 2. The van der Waals surface area contributed by atoms with E-state index in [9.17, 15) is 14.4 Å². The molecule has 8 heteroatoms. The van der Waals surface area contributed by atoms with Crippen LogP contribution in [0.3, 0.4) is 0 Å². The number of Topliss-reactive ketones (excluding diaryl/α,β-unsaturated/α-hetero) is 1. The zero-order valence-electron chi connectivity index (χ0n) is 27.8. The normalized spacial score (nSPS) is 20.1. The van der Waals surface area contributed by atoms with Gasteiger partial charge in [0.25, 0.3) is 0 Å². The van der Waals surface area contributed by atoms with Gasteiger partial charge in [0.15, 0.2) is 5.78 Å². The molecule has 1 heterocycles. The van der Waals surface area contributed by atoms with Gasteiger partial charge in [0.2, 0.25) is 11.8 Å². The van der Waals surface area contributed by atoms with Gasteiger partial charge in [-0.1, -0.05) is 78.3 Å². The van der Waals surface area contributed by atoms with Crippen LogP contribution >= 0.6 is 0 Å². The molecule has 2 rings (SSSR count). The molecule has 1 saturated heterocycles. The molecule has 0 bridgehead atoms. The molecule has 0 aliphatic carbocycles. The highest BCUT2D eigenvalue weighted by molar-refractivity contribution is 5.90. The van der Waals surface area contributed by atoms with Crippen LogP contribution in [0.25, 0.3) is 0 Å². The lowest BCUT2D eigenvalue weighted by molar-refractivity contribution is -0.143. The Hall–Kier alpha value is -2.29. The monoisotopic (exact) mass is 587 g/mol. The standard InChI is InChI=1S/C34H57N3O5/c1-11-23(2)31(36(7)8)29(41-9)21-30(39)37-19-15-18-27(37)32(42-10)24(3)33(40)35-26(28(38)22-34(4,5)6)20-25-16-13-12-14-17-25/h12-14,16-17,23-24,26-27,29,31-32H,11,15,18-22H2,1-10H3,(H,35,40)/t23-,24+,26-,27-,29+,31-,32+/m0/s1. The number of likely N-dealkylation sites (tertiary alicyclic amines) is 1. The van der Waals surface area contributed by atoms with Crippen LogP contribution in [-0.4, -0.2) is 92.6 Å². The molecule has 1 N–H and O–H groups in total. The molecule has 238 valence electrons. The minimum atomic E-state index is -0.633. The van der Waals surface area contributed by atoms with E-state index in [2.05, 4.69) is 24.1 Å². The molecule has 1 aromatic carbocycles. The number of rotatable bonds is 16. The lowest BCUT2D eigenvalue weighted by Crippen LogP contribution is -2.53. The largest absolute Gasteiger partial charge is 0.379 e. The Bertz CT molecular complexity index is 993. The van der Waals surface area contributed by atoms with Gasteiger partial charge in [-0.25, -0.2) is 0 Å². The van der Waals surface area contributed by atoms with E-state index in [4.69, 9.17) is 9.47 Å². The van der Waals surface area contributed by atoms with Crippen LogP contribution in [0.4, 0.5) is 0 Å². The summed E-state index contributed by atoms with van der Waals surface area (Å²) in [6, 6.07) is 9.02. The number of methoxy groups -OCH3 is 2. The number of likely N-dealkylation sites (N-methyl/N-ethyl adjacent to an activating group) is 1. The molecule has 0 aromatic heterocycles. The van der Waals surface area contributed by atoms with Crippen molar-refractivity contribution < 1.29 is 23.9 Å². The number of nitrogens with one attached hydrogen (secondary N) is 1.